The number of likely N-dealkylation sites (tertiary alicyclic amines) is 1. The molecule has 1 aromatic heterocycles. The molecule has 2 aliphatic heterocycles. The van der Waals surface area contributed by atoms with E-state index in [1.165, 1.54) is 0 Å². The number of hydrogen-bond acceptors (Lipinski definition) is 11. The number of carbonyl (C=O) groups is 4. The number of carbonyl (C=O) groups excluding carboxylic acids is 4. The van der Waals surface area contributed by atoms with Crippen LogP contribution in [-0.2, 0) is 41.5 Å². The molecule has 15 nitrogen and oxygen atoms in total. The molecular formula is C42H64N5O10+. The Hall–Kier alpha value is -4.79. The number of aryl methyl sites for hydroxylation is 1. The number of benzene rings is 1. The highest BCUT2D eigenvalue weighted by Gasteiger charge is 2.50. The van der Waals surface area contributed by atoms with E-state index in [4.69, 9.17) is 28.5 Å². The van der Waals surface area contributed by atoms with Gasteiger partial charge in [0.2, 0.25) is 5.60 Å². The van der Waals surface area contributed by atoms with Crippen LogP contribution in [0.1, 0.15) is 102 Å². The number of anilines is 1. The third-order valence-corrected chi connectivity index (χ3v) is 8.69. The van der Waals surface area contributed by atoms with Crippen molar-refractivity contribution in [1.29, 1.82) is 0 Å². The Morgan fingerprint density at radius 3 is 1.96 bits per heavy atom. The van der Waals surface area contributed by atoms with Gasteiger partial charge < -0.3 is 33.9 Å². The van der Waals surface area contributed by atoms with Gasteiger partial charge >= 0.3 is 24.2 Å². The summed E-state index contributed by atoms with van der Waals surface area (Å²) in [6.45, 7) is 25.6. The summed E-state index contributed by atoms with van der Waals surface area (Å²) >= 11 is 0. The van der Waals surface area contributed by atoms with E-state index >= 15 is 0 Å². The Labute approximate surface area is 337 Å². The van der Waals surface area contributed by atoms with Gasteiger partial charge in [-0.1, -0.05) is 6.07 Å². The summed E-state index contributed by atoms with van der Waals surface area (Å²) in [6.07, 6.45) is 0.607. The molecule has 1 fully saturated rings. The Morgan fingerprint density at radius 2 is 1.35 bits per heavy atom. The second-order valence-electron chi connectivity index (χ2n) is 18.8. The predicted octanol–water partition coefficient (Wildman–Crippen LogP) is 6.69. The number of fused-ring (bicyclic) bond motifs is 1. The van der Waals surface area contributed by atoms with Crippen molar-refractivity contribution in [2.45, 2.75) is 144 Å². The summed E-state index contributed by atoms with van der Waals surface area (Å²) in [6, 6.07) is 9.92. The highest BCUT2D eigenvalue weighted by Crippen LogP contribution is 2.37. The van der Waals surface area contributed by atoms with Crippen molar-refractivity contribution in [3.63, 3.8) is 0 Å². The number of esters is 1. The summed E-state index contributed by atoms with van der Waals surface area (Å²) in [4.78, 5) is 58.4. The van der Waals surface area contributed by atoms with Crippen LogP contribution < -0.4 is 25.4 Å². The van der Waals surface area contributed by atoms with Crippen molar-refractivity contribution in [2.75, 3.05) is 31.5 Å². The number of hydroxylamine groups is 1. The Morgan fingerprint density at radius 1 is 0.754 bits per heavy atom. The normalized spacial score (nSPS) is 17.1. The minimum absolute atomic E-state index is 0.207. The second-order valence-corrected chi connectivity index (χ2v) is 18.8. The Balaban J connectivity index is 1.52. The molecule has 15 heteroatoms. The van der Waals surface area contributed by atoms with E-state index in [1.807, 2.05) is 65.8 Å². The molecule has 1 aromatic carbocycles. The maximum absolute atomic E-state index is 13.6. The van der Waals surface area contributed by atoms with Gasteiger partial charge in [0.15, 0.2) is 0 Å². The van der Waals surface area contributed by atoms with Gasteiger partial charge in [0.1, 0.15) is 40.8 Å². The van der Waals surface area contributed by atoms with Crippen LogP contribution >= 0.6 is 0 Å². The van der Waals surface area contributed by atoms with Crippen LogP contribution in [0.2, 0.25) is 0 Å². The topological polar surface area (TPSA) is 167 Å². The van der Waals surface area contributed by atoms with Crippen LogP contribution in [0.15, 0.2) is 36.5 Å². The number of rotatable bonds is 11. The van der Waals surface area contributed by atoms with Crippen molar-refractivity contribution in [2.24, 2.45) is 5.92 Å². The molecule has 0 unspecified atom stereocenters. The largest absolute Gasteiger partial charge is 0.486 e. The van der Waals surface area contributed by atoms with Gasteiger partial charge in [0, 0.05) is 30.6 Å². The molecule has 3 heterocycles. The summed E-state index contributed by atoms with van der Waals surface area (Å²) in [5.74, 6) is 0.964. The fourth-order valence-electron chi connectivity index (χ4n) is 6.16. The van der Waals surface area contributed by atoms with Crippen molar-refractivity contribution in [3.8, 4) is 16.9 Å². The number of pyridine rings is 1. The number of ether oxygens (including phenoxy) is 5. The SMILES string of the molecule is CC(C)(C)OC(=O)NCCNc1ccc(-c2ccc3c(c2)CC[C@H]([C@](C)(ONC(=O)OC(C)(C)C)C(=O)OC(C)(C)C)O3)c[n+]1CC1CN(C(=O)OC(C)(C)C)C1. The van der Waals surface area contributed by atoms with Crippen LogP contribution in [0, 0.1) is 5.92 Å². The van der Waals surface area contributed by atoms with E-state index in [-0.39, 0.29) is 12.0 Å². The number of hydrogen-bond donors (Lipinski definition) is 3. The average molecular weight is 799 g/mol. The first-order valence-electron chi connectivity index (χ1n) is 19.6. The van der Waals surface area contributed by atoms with Crippen LogP contribution in [0.4, 0.5) is 20.2 Å². The molecule has 0 aliphatic carbocycles. The maximum Gasteiger partial charge on any atom is 0.431 e. The van der Waals surface area contributed by atoms with E-state index in [9.17, 15) is 19.2 Å². The number of nitrogens with one attached hydrogen (secondary N) is 3. The highest BCUT2D eigenvalue weighted by atomic mass is 16.7. The molecule has 0 spiro atoms. The van der Waals surface area contributed by atoms with Crippen LogP contribution in [-0.4, -0.2) is 89.4 Å². The summed E-state index contributed by atoms with van der Waals surface area (Å²) in [5, 5.41) is 6.22. The molecule has 0 radical (unpaired) electrons. The van der Waals surface area contributed by atoms with E-state index in [0.717, 1.165) is 22.5 Å². The van der Waals surface area contributed by atoms with Gasteiger partial charge in [0.25, 0.3) is 5.82 Å². The first kappa shape index (κ1) is 44.9. The molecule has 2 atom stereocenters. The zero-order chi connectivity index (χ0) is 42.6. The smallest absolute Gasteiger partial charge is 0.431 e. The molecule has 0 saturated carbocycles. The van der Waals surface area contributed by atoms with Crippen LogP contribution in [0.5, 0.6) is 5.75 Å². The molecule has 57 heavy (non-hydrogen) atoms. The molecule has 0 bridgehead atoms. The van der Waals surface area contributed by atoms with E-state index < -0.39 is 52.3 Å². The van der Waals surface area contributed by atoms with Gasteiger partial charge in [-0.15, -0.1) is 0 Å². The molecule has 3 N–H and O–H groups in total. The number of nitrogens with zero attached hydrogens (tertiary/aromatic N) is 2. The molecule has 316 valence electrons. The lowest BCUT2D eigenvalue weighted by atomic mass is 9.89. The first-order chi connectivity index (χ1) is 26.2. The fourth-order valence-corrected chi connectivity index (χ4v) is 6.16. The standard InChI is InChI=1S/C42H63N5O10/c1-38(2,3)53-34(48)42(13,57-45-36(50)55-40(7,8)9)32-18-15-29-22-28(14-17-31(29)52-32)30-16-19-33(43-20-21-44-35(49)54-39(4,5)6)46(26-30)23-27-24-47(25-27)37(51)56-41(10,11)12/h14,16-17,19,22,26-27,32H,15,18,20-21,23-25H2,1-13H3,(H2,44,45,49,50)/p+1/t32-,42+/m1/s1. The lowest BCUT2D eigenvalue weighted by Crippen LogP contribution is -2.58. The summed E-state index contributed by atoms with van der Waals surface area (Å²) in [5.41, 5.74) is 0.705. The lowest BCUT2D eigenvalue weighted by Gasteiger charge is -2.39. The molecule has 4 rings (SSSR count). The van der Waals surface area contributed by atoms with E-state index in [2.05, 4.69) is 32.9 Å². The third kappa shape index (κ3) is 13.7. The number of alkyl carbamates (subject to hydrolysis) is 1. The quantitative estimate of drug-likeness (QED) is 0.0729. The molecule has 2 aliphatic rings. The second kappa shape index (κ2) is 17.4. The molecular weight excluding hydrogens is 734 g/mol. The number of amides is 3. The monoisotopic (exact) mass is 798 g/mol. The highest BCUT2D eigenvalue weighted by molar-refractivity contribution is 5.81. The zero-order valence-corrected chi connectivity index (χ0v) is 36.0. The van der Waals surface area contributed by atoms with Crippen molar-refractivity contribution < 1.29 is 52.3 Å². The van der Waals surface area contributed by atoms with Crippen molar-refractivity contribution in [3.05, 3.63) is 42.1 Å². The summed E-state index contributed by atoms with van der Waals surface area (Å²) in [7, 11) is 0. The van der Waals surface area contributed by atoms with E-state index in [0.29, 0.717) is 51.3 Å². The lowest BCUT2D eigenvalue weighted by molar-refractivity contribution is -0.690. The molecule has 2 aromatic rings. The van der Waals surface area contributed by atoms with Crippen LogP contribution in [0.25, 0.3) is 11.1 Å². The first-order valence-corrected chi connectivity index (χ1v) is 19.6. The average Bonchev–Trinajstić information content (AvgIpc) is 3.03. The van der Waals surface area contributed by atoms with Gasteiger partial charge in [-0.2, -0.15) is 5.48 Å². The van der Waals surface area contributed by atoms with Gasteiger partial charge in [-0.3, -0.25) is 5.32 Å². The van der Waals surface area contributed by atoms with Gasteiger partial charge in [-0.05, 0) is 132 Å². The Kier molecular flexibility index (Phi) is 13.7. The van der Waals surface area contributed by atoms with Crippen LogP contribution in [0.3, 0.4) is 0 Å². The summed E-state index contributed by atoms with van der Waals surface area (Å²) < 4.78 is 30.5. The Bertz CT molecular complexity index is 1770. The maximum atomic E-state index is 13.6. The zero-order valence-electron chi connectivity index (χ0n) is 36.0. The van der Waals surface area contributed by atoms with Gasteiger partial charge in [0.05, 0.1) is 19.3 Å². The number of aromatic nitrogens is 1. The predicted molar refractivity (Wildman–Crippen MR) is 214 cm³/mol. The van der Waals surface area contributed by atoms with Gasteiger partial charge in [-0.25, -0.2) is 28.6 Å². The minimum atomic E-state index is -1.70. The molecule has 3 amide bonds. The molecule has 1 saturated heterocycles. The minimum Gasteiger partial charge on any atom is -0.486 e. The van der Waals surface area contributed by atoms with E-state index in [1.54, 1.807) is 53.4 Å². The van der Waals surface area contributed by atoms with Crippen molar-refractivity contribution >= 4 is 30.1 Å². The third-order valence-electron chi connectivity index (χ3n) is 8.69. The fraction of sp³-hybridized carbons (Fsp3) is 0.643. The van der Waals surface area contributed by atoms with Crippen molar-refractivity contribution in [1.82, 2.24) is 15.7 Å².